The zero-order valence-corrected chi connectivity index (χ0v) is 6.88. The summed E-state index contributed by atoms with van der Waals surface area (Å²) in [7, 11) is 0. The lowest BCUT2D eigenvalue weighted by Crippen LogP contribution is -2.19. The average Bonchev–Trinajstić information content (AvgIpc) is 2.05. The maximum atomic E-state index is 12.4. The second kappa shape index (κ2) is 3.71. The normalized spacial score (nSPS) is 11.2. The quantitative estimate of drug-likeness (QED) is 0.616. The molecule has 0 saturated carbocycles. The molecule has 0 aliphatic carbocycles. The molecule has 1 aromatic rings. The van der Waals surface area contributed by atoms with Crippen LogP contribution < -0.4 is 4.74 Å². The van der Waals surface area contributed by atoms with E-state index in [0.717, 1.165) is 0 Å². The van der Waals surface area contributed by atoms with Gasteiger partial charge in [0.15, 0.2) is 11.4 Å². The lowest BCUT2D eigenvalue weighted by molar-refractivity contribution is -0.274. The van der Waals surface area contributed by atoms with Crippen molar-refractivity contribution in [1.82, 2.24) is 4.98 Å². The van der Waals surface area contributed by atoms with Crippen LogP contribution in [0.4, 0.5) is 17.6 Å². The van der Waals surface area contributed by atoms with Gasteiger partial charge in [0.2, 0.25) is 5.95 Å². The molecule has 0 saturated heterocycles. The number of hydrogen-bond acceptors (Lipinski definition) is 3. The van der Waals surface area contributed by atoms with Crippen molar-refractivity contribution in [1.29, 1.82) is 0 Å². The number of aromatic nitrogens is 1. The van der Waals surface area contributed by atoms with E-state index in [1.54, 1.807) is 0 Å². The van der Waals surface area contributed by atoms with E-state index in [2.05, 4.69) is 9.72 Å². The summed E-state index contributed by atoms with van der Waals surface area (Å²) in [6.45, 7) is 0. The van der Waals surface area contributed by atoms with Crippen molar-refractivity contribution in [2.45, 2.75) is 6.36 Å². The molecule has 1 N–H and O–H groups in total. The van der Waals surface area contributed by atoms with E-state index in [9.17, 15) is 22.4 Å². The van der Waals surface area contributed by atoms with Crippen molar-refractivity contribution in [3.63, 3.8) is 0 Å². The first-order valence-corrected chi connectivity index (χ1v) is 3.45. The highest BCUT2D eigenvalue weighted by atomic mass is 19.4. The fourth-order valence-corrected chi connectivity index (χ4v) is 0.783. The van der Waals surface area contributed by atoms with Gasteiger partial charge in [-0.3, -0.25) is 0 Å². The Kier molecular flexibility index (Phi) is 2.78. The molecular weight excluding hydrogens is 222 g/mol. The van der Waals surface area contributed by atoms with E-state index >= 15 is 0 Å². The minimum Gasteiger partial charge on any atom is -0.476 e. The van der Waals surface area contributed by atoms with Gasteiger partial charge in [0.05, 0.1) is 0 Å². The number of carboxylic acids is 1. The average molecular weight is 225 g/mol. The highest BCUT2D eigenvalue weighted by Crippen LogP contribution is 2.25. The lowest BCUT2D eigenvalue weighted by atomic mass is 10.3. The van der Waals surface area contributed by atoms with Crippen molar-refractivity contribution in [3.8, 4) is 5.75 Å². The van der Waals surface area contributed by atoms with Crippen LogP contribution in [0.15, 0.2) is 12.1 Å². The molecule has 1 heterocycles. The predicted molar refractivity (Wildman–Crippen MR) is 37.8 cm³/mol. The van der Waals surface area contributed by atoms with Gasteiger partial charge in [-0.25, -0.2) is 9.78 Å². The number of nitrogens with zero attached hydrogens (tertiary/aromatic N) is 1. The maximum absolute atomic E-state index is 12.4. The first-order chi connectivity index (χ1) is 6.79. The number of pyridine rings is 1. The van der Waals surface area contributed by atoms with Crippen molar-refractivity contribution in [2.24, 2.45) is 0 Å². The van der Waals surface area contributed by atoms with Crippen molar-refractivity contribution < 1.29 is 32.2 Å². The van der Waals surface area contributed by atoms with Crippen LogP contribution in [0.1, 0.15) is 10.5 Å². The second-order valence-electron chi connectivity index (χ2n) is 2.33. The Morgan fingerprint density at radius 3 is 2.47 bits per heavy atom. The van der Waals surface area contributed by atoms with E-state index in [1.807, 2.05) is 0 Å². The van der Waals surface area contributed by atoms with Gasteiger partial charge in [-0.15, -0.1) is 13.2 Å². The topological polar surface area (TPSA) is 59.4 Å². The summed E-state index contributed by atoms with van der Waals surface area (Å²) in [5.41, 5.74) is -1.13. The summed E-state index contributed by atoms with van der Waals surface area (Å²) in [6, 6.07) is 1.10. The van der Waals surface area contributed by atoms with Gasteiger partial charge in [-0.05, 0) is 12.1 Å². The number of alkyl halides is 3. The fourth-order valence-electron chi connectivity index (χ4n) is 0.783. The summed E-state index contributed by atoms with van der Waals surface area (Å²) >= 11 is 0. The summed E-state index contributed by atoms with van der Waals surface area (Å²) in [6.07, 6.45) is -5.05. The third-order valence-corrected chi connectivity index (χ3v) is 1.25. The SMILES string of the molecule is O=C(O)c1nc(F)ccc1OC(F)(F)F. The Morgan fingerprint density at radius 1 is 1.40 bits per heavy atom. The molecular formula is C7H3F4NO3. The largest absolute Gasteiger partial charge is 0.573 e. The van der Waals surface area contributed by atoms with E-state index in [0.29, 0.717) is 12.1 Å². The molecule has 1 rings (SSSR count). The molecule has 0 aliphatic heterocycles. The van der Waals surface area contributed by atoms with E-state index in [-0.39, 0.29) is 0 Å². The van der Waals surface area contributed by atoms with Gasteiger partial charge in [-0.2, -0.15) is 4.39 Å². The molecule has 0 amide bonds. The zero-order chi connectivity index (χ0) is 11.6. The smallest absolute Gasteiger partial charge is 0.476 e. The number of carbonyl (C=O) groups is 1. The number of ether oxygens (including phenoxy) is 1. The first kappa shape index (κ1) is 11.2. The van der Waals surface area contributed by atoms with Crippen LogP contribution >= 0.6 is 0 Å². The number of rotatable bonds is 2. The number of carboxylic acid groups (broad SMARTS) is 1. The molecule has 0 bridgehead atoms. The van der Waals surface area contributed by atoms with Gasteiger partial charge < -0.3 is 9.84 Å². The Labute approximate surface area is 80.1 Å². The van der Waals surface area contributed by atoms with Crippen LogP contribution in [0, 0.1) is 5.95 Å². The maximum Gasteiger partial charge on any atom is 0.573 e. The molecule has 8 heteroatoms. The monoisotopic (exact) mass is 225 g/mol. The molecule has 0 radical (unpaired) electrons. The summed E-state index contributed by atoms with van der Waals surface area (Å²) < 4.78 is 51.0. The molecule has 15 heavy (non-hydrogen) atoms. The Bertz CT molecular complexity index is 390. The van der Waals surface area contributed by atoms with Gasteiger partial charge in [0, 0.05) is 0 Å². The van der Waals surface area contributed by atoms with Crippen molar-refractivity contribution in [3.05, 3.63) is 23.8 Å². The number of aromatic carboxylic acids is 1. The van der Waals surface area contributed by atoms with Crippen LogP contribution in [0.5, 0.6) is 5.75 Å². The molecule has 4 nitrogen and oxygen atoms in total. The molecule has 0 atom stereocenters. The summed E-state index contributed by atoms with van der Waals surface area (Å²) in [5, 5.41) is 8.41. The van der Waals surface area contributed by atoms with Crippen LogP contribution in [0.25, 0.3) is 0 Å². The third-order valence-electron chi connectivity index (χ3n) is 1.25. The minimum atomic E-state index is -5.05. The van der Waals surface area contributed by atoms with Gasteiger partial charge >= 0.3 is 12.3 Å². The molecule has 82 valence electrons. The van der Waals surface area contributed by atoms with Gasteiger partial charge in [0.1, 0.15) is 0 Å². The lowest BCUT2D eigenvalue weighted by Gasteiger charge is -2.09. The highest BCUT2D eigenvalue weighted by molar-refractivity contribution is 5.88. The zero-order valence-electron chi connectivity index (χ0n) is 6.88. The Hall–Kier alpha value is -1.86. The molecule has 0 unspecified atom stereocenters. The number of halogens is 4. The molecule has 0 aliphatic rings. The van der Waals surface area contributed by atoms with Gasteiger partial charge in [0.25, 0.3) is 0 Å². The summed E-state index contributed by atoms with van der Waals surface area (Å²) in [4.78, 5) is 13.1. The Balaban J connectivity index is 3.12. The van der Waals surface area contributed by atoms with Crippen molar-refractivity contribution >= 4 is 5.97 Å². The minimum absolute atomic E-state index is 0.541. The highest BCUT2D eigenvalue weighted by Gasteiger charge is 2.33. The number of hydrogen-bond donors (Lipinski definition) is 1. The van der Waals surface area contributed by atoms with Crippen LogP contribution in [0.3, 0.4) is 0 Å². The van der Waals surface area contributed by atoms with Crippen LogP contribution in [-0.2, 0) is 0 Å². The van der Waals surface area contributed by atoms with E-state index in [4.69, 9.17) is 5.11 Å². The van der Waals surface area contributed by atoms with Crippen molar-refractivity contribution in [2.75, 3.05) is 0 Å². The van der Waals surface area contributed by atoms with E-state index < -0.39 is 29.7 Å². The van der Waals surface area contributed by atoms with Crippen LogP contribution in [0.2, 0.25) is 0 Å². The third kappa shape index (κ3) is 3.08. The standard InChI is InChI=1S/C7H3F4NO3/c8-4-2-1-3(15-7(9,10)11)5(12-4)6(13)14/h1-2H,(H,13,14). The van der Waals surface area contributed by atoms with E-state index in [1.165, 1.54) is 0 Å². The second-order valence-corrected chi connectivity index (χ2v) is 2.33. The molecule has 0 spiro atoms. The molecule has 0 aromatic carbocycles. The van der Waals surface area contributed by atoms with Gasteiger partial charge in [-0.1, -0.05) is 0 Å². The predicted octanol–water partition coefficient (Wildman–Crippen LogP) is 1.82. The summed E-state index contributed by atoms with van der Waals surface area (Å²) in [5.74, 6) is -4.08. The first-order valence-electron chi connectivity index (χ1n) is 3.45. The molecule has 1 aromatic heterocycles. The van der Waals surface area contributed by atoms with Crippen LogP contribution in [-0.4, -0.2) is 22.4 Å². The molecule has 0 fully saturated rings. The Morgan fingerprint density at radius 2 is 2.00 bits per heavy atom. The fraction of sp³-hybridized carbons (Fsp3) is 0.143.